The Balaban J connectivity index is 1.49. The Hall–Kier alpha value is -2.54. The largest absolute Gasteiger partial charge is 0.354 e. The molecule has 130 valence electrons. The molecule has 0 saturated carbocycles. The van der Waals surface area contributed by atoms with E-state index in [2.05, 4.69) is 19.8 Å². The third-order valence-electron chi connectivity index (χ3n) is 4.57. The number of nitrogens with zero attached hydrogens (tertiary/aromatic N) is 5. The first kappa shape index (κ1) is 16.0. The number of benzene rings is 1. The van der Waals surface area contributed by atoms with Crippen LogP contribution in [0.4, 0.5) is 14.6 Å². The summed E-state index contributed by atoms with van der Waals surface area (Å²) in [6.07, 6.45) is 1.78. The van der Waals surface area contributed by atoms with Crippen molar-refractivity contribution >= 4 is 16.9 Å². The van der Waals surface area contributed by atoms with Crippen LogP contribution in [0.1, 0.15) is 12.4 Å². The van der Waals surface area contributed by atoms with Crippen molar-refractivity contribution in [2.24, 2.45) is 0 Å². The summed E-state index contributed by atoms with van der Waals surface area (Å²) in [6, 6.07) is 12.9. The molecular weight excluding hydrogens is 324 g/mol. The van der Waals surface area contributed by atoms with Gasteiger partial charge in [0.05, 0.1) is 17.6 Å². The van der Waals surface area contributed by atoms with Gasteiger partial charge in [0.15, 0.2) is 0 Å². The Morgan fingerprint density at radius 3 is 2.44 bits per heavy atom. The van der Waals surface area contributed by atoms with Gasteiger partial charge in [-0.1, -0.05) is 18.2 Å². The molecule has 0 aliphatic carbocycles. The number of halogens is 2. The first-order valence-corrected chi connectivity index (χ1v) is 8.35. The summed E-state index contributed by atoms with van der Waals surface area (Å²) in [5, 5.41) is 0. The Morgan fingerprint density at radius 2 is 1.72 bits per heavy atom. The van der Waals surface area contributed by atoms with Gasteiger partial charge in [-0.15, -0.1) is 0 Å². The predicted molar refractivity (Wildman–Crippen MR) is 92.7 cm³/mol. The van der Waals surface area contributed by atoms with Crippen LogP contribution in [-0.4, -0.2) is 45.6 Å². The van der Waals surface area contributed by atoms with Gasteiger partial charge in [0.25, 0.3) is 0 Å². The first-order chi connectivity index (χ1) is 12.2. The van der Waals surface area contributed by atoms with Gasteiger partial charge in [-0.2, -0.15) is 8.78 Å². The number of hydrogen-bond donors (Lipinski definition) is 0. The highest BCUT2D eigenvalue weighted by Crippen LogP contribution is 2.24. The standard InChI is InChI=1S/C18H19F2N5/c19-18(20)25-15-6-2-1-5-14(15)22-17(25)13-23-9-11-24(12-10-23)16-7-3-4-8-21-16/h1-8,18H,9-13H2. The van der Waals surface area contributed by atoms with Crippen LogP contribution >= 0.6 is 0 Å². The zero-order valence-electron chi connectivity index (χ0n) is 13.7. The Bertz CT molecular complexity index is 841. The van der Waals surface area contributed by atoms with E-state index in [0.717, 1.165) is 36.6 Å². The van der Waals surface area contributed by atoms with E-state index in [-0.39, 0.29) is 0 Å². The molecule has 1 aliphatic heterocycles. The van der Waals surface area contributed by atoms with Crippen LogP contribution in [0.2, 0.25) is 0 Å². The maximum Gasteiger partial charge on any atom is 0.320 e. The Morgan fingerprint density at radius 1 is 0.960 bits per heavy atom. The van der Waals surface area contributed by atoms with Crippen LogP contribution in [0.15, 0.2) is 48.7 Å². The fraction of sp³-hybridized carbons (Fsp3) is 0.333. The summed E-state index contributed by atoms with van der Waals surface area (Å²) < 4.78 is 28.1. The molecule has 0 spiro atoms. The fourth-order valence-corrected chi connectivity index (χ4v) is 3.30. The summed E-state index contributed by atoms with van der Waals surface area (Å²) in [4.78, 5) is 13.2. The van der Waals surface area contributed by atoms with Crippen molar-refractivity contribution in [1.29, 1.82) is 0 Å². The summed E-state index contributed by atoms with van der Waals surface area (Å²) in [5.41, 5.74) is 1.10. The van der Waals surface area contributed by atoms with E-state index in [4.69, 9.17) is 0 Å². The Labute approximate surface area is 144 Å². The second-order valence-corrected chi connectivity index (χ2v) is 6.12. The van der Waals surface area contributed by atoms with Crippen molar-refractivity contribution in [2.75, 3.05) is 31.1 Å². The van der Waals surface area contributed by atoms with Crippen LogP contribution in [0.3, 0.4) is 0 Å². The SMILES string of the molecule is FC(F)n1c(CN2CCN(c3ccccn3)CC2)nc2ccccc21. The molecule has 3 heterocycles. The number of fused-ring (bicyclic) bond motifs is 1. The highest BCUT2D eigenvalue weighted by Gasteiger charge is 2.22. The molecule has 0 bridgehead atoms. The lowest BCUT2D eigenvalue weighted by atomic mass is 10.3. The summed E-state index contributed by atoms with van der Waals surface area (Å²) >= 11 is 0. The number of para-hydroxylation sites is 2. The highest BCUT2D eigenvalue weighted by atomic mass is 19.3. The third kappa shape index (κ3) is 3.19. The second-order valence-electron chi connectivity index (χ2n) is 6.12. The molecule has 2 aromatic heterocycles. The second kappa shape index (κ2) is 6.76. The van der Waals surface area contributed by atoms with Crippen molar-refractivity contribution in [3.8, 4) is 0 Å². The minimum atomic E-state index is -2.59. The molecule has 1 fully saturated rings. The number of rotatable bonds is 4. The molecule has 5 nitrogen and oxygen atoms in total. The summed E-state index contributed by atoms with van der Waals surface area (Å²) in [5.74, 6) is 1.38. The molecule has 7 heteroatoms. The number of piperazine rings is 1. The number of aromatic nitrogens is 3. The van der Waals surface area contributed by atoms with Crippen LogP contribution in [0, 0.1) is 0 Å². The number of anilines is 1. The topological polar surface area (TPSA) is 37.2 Å². The first-order valence-electron chi connectivity index (χ1n) is 8.35. The average molecular weight is 343 g/mol. The van der Waals surface area contributed by atoms with Gasteiger partial charge < -0.3 is 4.90 Å². The smallest absolute Gasteiger partial charge is 0.320 e. The quantitative estimate of drug-likeness (QED) is 0.729. The monoisotopic (exact) mass is 343 g/mol. The van der Waals surface area contributed by atoms with E-state index in [1.54, 1.807) is 24.4 Å². The maximum atomic E-state index is 13.5. The normalized spacial score (nSPS) is 16.0. The molecule has 1 saturated heterocycles. The summed E-state index contributed by atoms with van der Waals surface area (Å²) in [6.45, 7) is 1.08. The molecule has 1 aliphatic rings. The maximum absolute atomic E-state index is 13.5. The van der Waals surface area contributed by atoms with Gasteiger partial charge in [-0.3, -0.25) is 9.47 Å². The molecule has 0 radical (unpaired) electrons. The fourth-order valence-electron chi connectivity index (χ4n) is 3.30. The molecule has 0 amide bonds. The molecule has 1 aromatic carbocycles. The van der Waals surface area contributed by atoms with Gasteiger partial charge in [-0.25, -0.2) is 9.97 Å². The molecule has 25 heavy (non-hydrogen) atoms. The lowest BCUT2D eigenvalue weighted by Crippen LogP contribution is -2.46. The minimum absolute atomic E-state index is 0.419. The average Bonchev–Trinajstić information content (AvgIpc) is 3.01. The van der Waals surface area contributed by atoms with Crippen LogP contribution in [0.25, 0.3) is 11.0 Å². The molecule has 4 rings (SSSR count). The van der Waals surface area contributed by atoms with Gasteiger partial charge in [0, 0.05) is 32.4 Å². The predicted octanol–water partition coefficient (Wildman–Crippen LogP) is 3.15. The summed E-state index contributed by atoms with van der Waals surface area (Å²) in [7, 11) is 0. The zero-order valence-corrected chi connectivity index (χ0v) is 13.7. The molecule has 0 atom stereocenters. The number of imidazole rings is 1. The van der Waals surface area contributed by atoms with E-state index in [1.165, 1.54) is 0 Å². The lowest BCUT2D eigenvalue weighted by molar-refractivity contribution is 0.0681. The van der Waals surface area contributed by atoms with E-state index in [9.17, 15) is 8.78 Å². The van der Waals surface area contributed by atoms with Crippen LogP contribution < -0.4 is 4.90 Å². The Kier molecular flexibility index (Phi) is 4.31. The van der Waals surface area contributed by atoms with Gasteiger partial charge in [-0.05, 0) is 24.3 Å². The van der Waals surface area contributed by atoms with Gasteiger partial charge in [0.2, 0.25) is 0 Å². The molecule has 3 aromatic rings. The molecular formula is C18H19F2N5. The lowest BCUT2D eigenvalue weighted by Gasteiger charge is -2.35. The van der Waals surface area contributed by atoms with E-state index < -0.39 is 6.55 Å². The van der Waals surface area contributed by atoms with Crippen molar-refractivity contribution in [2.45, 2.75) is 13.1 Å². The van der Waals surface area contributed by atoms with Gasteiger partial charge in [0.1, 0.15) is 11.6 Å². The van der Waals surface area contributed by atoms with Crippen molar-refractivity contribution < 1.29 is 8.78 Å². The van der Waals surface area contributed by atoms with E-state index in [1.807, 2.05) is 24.3 Å². The van der Waals surface area contributed by atoms with Crippen molar-refractivity contribution in [3.05, 3.63) is 54.5 Å². The van der Waals surface area contributed by atoms with Gasteiger partial charge >= 0.3 is 6.55 Å². The van der Waals surface area contributed by atoms with E-state index in [0.29, 0.717) is 23.4 Å². The number of hydrogen-bond acceptors (Lipinski definition) is 4. The third-order valence-corrected chi connectivity index (χ3v) is 4.57. The van der Waals surface area contributed by atoms with Crippen molar-refractivity contribution in [3.63, 3.8) is 0 Å². The van der Waals surface area contributed by atoms with Crippen LogP contribution in [-0.2, 0) is 6.54 Å². The number of pyridine rings is 1. The number of alkyl halides is 2. The molecule has 0 N–H and O–H groups in total. The van der Waals surface area contributed by atoms with Crippen molar-refractivity contribution in [1.82, 2.24) is 19.4 Å². The van der Waals surface area contributed by atoms with Crippen LogP contribution in [0.5, 0.6) is 0 Å². The van der Waals surface area contributed by atoms with E-state index >= 15 is 0 Å². The highest BCUT2D eigenvalue weighted by molar-refractivity contribution is 5.75. The zero-order chi connectivity index (χ0) is 17.2. The molecule has 0 unspecified atom stereocenters. The minimum Gasteiger partial charge on any atom is -0.354 e.